The number of primary sulfonamides is 1. The summed E-state index contributed by atoms with van der Waals surface area (Å²) in [6.45, 7) is 0. The van der Waals surface area contributed by atoms with E-state index in [1.165, 1.54) is 18.1 Å². The van der Waals surface area contributed by atoms with Crippen LogP contribution in [0.2, 0.25) is 0 Å². The van der Waals surface area contributed by atoms with Crippen molar-refractivity contribution >= 4 is 26.0 Å². The lowest BCUT2D eigenvalue weighted by atomic mass is 10.0. The third-order valence-corrected chi connectivity index (χ3v) is 6.51. The SMILES string of the molecule is COc1cc(S(N)(=O)=O)c(S(=O)(=O)N(C)C)c(C(N)=O)c1-c1ncn(C)n1. The average Bonchev–Trinajstić information content (AvgIpc) is 2.97. The number of aryl methyl sites for hydroxylation is 1. The maximum atomic E-state index is 12.8. The lowest BCUT2D eigenvalue weighted by Gasteiger charge is -2.20. The van der Waals surface area contributed by atoms with Gasteiger partial charge in [-0.05, 0) is 0 Å². The molecule has 4 N–H and O–H groups in total. The predicted octanol–water partition coefficient (Wildman–Crippen LogP) is -1.51. The van der Waals surface area contributed by atoms with Crippen molar-refractivity contribution in [3.8, 4) is 17.1 Å². The Balaban J connectivity index is 3.20. The first-order valence-electron chi connectivity index (χ1n) is 7.18. The molecule has 1 aromatic heterocycles. The van der Waals surface area contributed by atoms with E-state index in [4.69, 9.17) is 15.6 Å². The molecule has 14 heteroatoms. The van der Waals surface area contributed by atoms with E-state index in [0.29, 0.717) is 0 Å². The number of ether oxygens (including phenoxy) is 1. The Bertz CT molecular complexity index is 1120. The van der Waals surface area contributed by atoms with Crippen LogP contribution in [0.5, 0.6) is 5.75 Å². The number of carbonyl (C=O) groups is 1. The van der Waals surface area contributed by atoms with Gasteiger partial charge in [-0.1, -0.05) is 0 Å². The largest absolute Gasteiger partial charge is 0.496 e. The van der Waals surface area contributed by atoms with Crippen LogP contribution in [0.1, 0.15) is 10.4 Å². The van der Waals surface area contributed by atoms with E-state index < -0.39 is 41.3 Å². The molecule has 1 amide bonds. The Morgan fingerprint density at radius 3 is 2.22 bits per heavy atom. The lowest BCUT2D eigenvalue weighted by molar-refractivity contribution is 0.0997. The van der Waals surface area contributed by atoms with Crippen LogP contribution in [0.3, 0.4) is 0 Å². The smallest absolute Gasteiger partial charge is 0.251 e. The van der Waals surface area contributed by atoms with Gasteiger partial charge in [0.25, 0.3) is 5.91 Å². The van der Waals surface area contributed by atoms with Crippen LogP contribution in [0.15, 0.2) is 22.2 Å². The minimum absolute atomic E-state index is 0.0840. The topological polar surface area (TPSA) is 181 Å². The number of benzene rings is 1. The number of rotatable bonds is 6. The van der Waals surface area contributed by atoms with Crippen LogP contribution >= 0.6 is 0 Å². The molecule has 0 radical (unpaired) electrons. The number of carbonyl (C=O) groups excluding carboxylic acids is 1. The Kier molecular flexibility index (Phi) is 5.29. The maximum absolute atomic E-state index is 12.8. The normalized spacial score (nSPS) is 12.4. The zero-order chi connectivity index (χ0) is 20.7. The summed E-state index contributed by atoms with van der Waals surface area (Å²) in [5.41, 5.74) is 4.61. The fraction of sp³-hybridized carbons (Fsp3) is 0.308. The standard InChI is InChI=1S/C13H18N6O6S2/c1-18(2)27(23,24)11-8(26(15,21)22)5-7(25-4)9(10(11)12(14)20)13-16-6-19(3)17-13/h5-6H,1-4H3,(H2,14,20)(H2,15,21,22). The number of nitrogens with zero attached hydrogens (tertiary/aromatic N) is 4. The second kappa shape index (κ2) is 6.88. The summed E-state index contributed by atoms with van der Waals surface area (Å²) in [6, 6.07) is 0.893. The number of methoxy groups -OCH3 is 1. The number of aromatic nitrogens is 3. The Morgan fingerprint density at radius 2 is 1.85 bits per heavy atom. The van der Waals surface area contributed by atoms with E-state index in [1.807, 2.05) is 0 Å². The molecule has 0 aliphatic heterocycles. The number of sulfonamides is 2. The molecule has 0 atom stereocenters. The quantitative estimate of drug-likeness (QED) is 0.567. The highest BCUT2D eigenvalue weighted by Gasteiger charge is 2.36. The fourth-order valence-corrected chi connectivity index (χ4v) is 4.77. The van der Waals surface area contributed by atoms with Crippen molar-refractivity contribution in [1.82, 2.24) is 19.1 Å². The minimum Gasteiger partial charge on any atom is -0.496 e. The van der Waals surface area contributed by atoms with Gasteiger partial charge in [-0.3, -0.25) is 9.48 Å². The Morgan fingerprint density at radius 1 is 1.26 bits per heavy atom. The van der Waals surface area contributed by atoms with Gasteiger partial charge >= 0.3 is 0 Å². The Labute approximate surface area is 155 Å². The van der Waals surface area contributed by atoms with Crippen molar-refractivity contribution in [2.45, 2.75) is 9.79 Å². The van der Waals surface area contributed by atoms with Crippen molar-refractivity contribution in [1.29, 1.82) is 0 Å². The zero-order valence-electron chi connectivity index (χ0n) is 14.9. The van der Waals surface area contributed by atoms with Crippen molar-refractivity contribution in [3.05, 3.63) is 18.0 Å². The summed E-state index contributed by atoms with van der Waals surface area (Å²) in [7, 11) is -3.97. The highest BCUT2D eigenvalue weighted by atomic mass is 32.2. The molecule has 2 aromatic rings. The molecule has 148 valence electrons. The van der Waals surface area contributed by atoms with Gasteiger partial charge < -0.3 is 10.5 Å². The van der Waals surface area contributed by atoms with E-state index >= 15 is 0 Å². The van der Waals surface area contributed by atoms with Gasteiger partial charge in [-0.2, -0.15) is 5.10 Å². The van der Waals surface area contributed by atoms with E-state index in [9.17, 15) is 21.6 Å². The summed E-state index contributed by atoms with van der Waals surface area (Å²) >= 11 is 0. The number of amides is 1. The van der Waals surface area contributed by atoms with Crippen molar-refractivity contribution < 1.29 is 26.4 Å². The van der Waals surface area contributed by atoms with Gasteiger partial charge in [0.05, 0.1) is 18.2 Å². The van der Waals surface area contributed by atoms with Crippen LogP contribution in [0, 0.1) is 0 Å². The number of nitrogens with two attached hydrogens (primary N) is 2. The van der Waals surface area contributed by atoms with Gasteiger partial charge in [-0.25, -0.2) is 31.3 Å². The molecule has 1 aromatic carbocycles. The van der Waals surface area contributed by atoms with Gasteiger partial charge in [0, 0.05) is 27.2 Å². The molecular weight excluding hydrogens is 400 g/mol. The van der Waals surface area contributed by atoms with Crippen LogP contribution < -0.4 is 15.6 Å². The molecule has 2 rings (SSSR count). The monoisotopic (exact) mass is 418 g/mol. The lowest BCUT2D eigenvalue weighted by Crippen LogP contribution is -2.30. The second-order valence-electron chi connectivity index (χ2n) is 5.59. The molecule has 0 aliphatic carbocycles. The number of hydrogen-bond donors (Lipinski definition) is 2. The molecule has 1 heterocycles. The van der Waals surface area contributed by atoms with Crippen molar-refractivity contribution in [3.63, 3.8) is 0 Å². The molecular formula is C13H18N6O6S2. The summed E-state index contributed by atoms with van der Waals surface area (Å²) in [5.74, 6) is -1.49. The molecule has 12 nitrogen and oxygen atoms in total. The molecule has 0 fully saturated rings. The number of primary amides is 1. The summed E-state index contributed by atoms with van der Waals surface area (Å²) in [4.78, 5) is 14.5. The predicted molar refractivity (Wildman–Crippen MR) is 93.8 cm³/mol. The van der Waals surface area contributed by atoms with Gasteiger partial charge in [0.2, 0.25) is 20.0 Å². The van der Waals surface area contributed by atoms with E-state index in [2.05, 4.69) is 10.1 Å². The molecule has 0 spiro atoms. The van der Waals surface area contributed by atoms with Gasteiger partial charge in [0.1, 0.15) is 21.9 Å². The first-order valence-corrected chi connectivity index (χ1v) is 10.2. The molecule has 0 unspecified atom stereocenters. The third kappa shape index (κ3) is 3.64. The number of hydrogen-bond acceptors (Lipinski definition) is 8. The summed E-state index contributed by atoms with van der Waals surface area (Å²) < 4.78 is 57.0. The van der Waals surface area contributed by atoms with Gasteiger partial charge in [0.15, 0.2) is 5.82 Å². The average molecular weight is 418 g/mol. The Hall–Kier alpha value is -2.55. The second-order valence-corrected chi connectivity index (χ2v) is 9.21. The molecule has 27 heavy (non-hydrogen) atoms. The molecule has 0 bridgehead atoms. The molecule has 0 aliphatic rings. The van der Waals surface area contributed by atoms with Crippen LogP contribution in [0.4, 0.5) is 0 Å². The van der Waals surface area contributed by atoms with E-state index in [1.54, 1.807) is 7.05 Å². The fourth-order valence-electron chi connectivity index (χ4n) is 2.34. The van der Waals surface area contributed by atoms with Crippen LogP contribution in [-0.2, 0) is 27.1 Å². The highest BCUT2D eigenvalue weighted by molar-refractivity contribution is 7.92. The first-order chi connectivity index (χ1) is 12.3. The first kappa shape index (κ1) is 20.8. The van der Waals surface area contributed by atoms with Gasteiger partial charge in [-0.15, -0.1) is 0 Å². The van der Waals surface area contributed by atoms with Crippen LogP contribution in [-0.4, -0.2) is 63.0 Å². The molecule has 0 saturated carbocycles. The van der Waals surface area contributed by atoms with E-state index in [0.717, 1.165) is 24.5 Å². The summed E-state index contributed by atoms with van der Waals surface area (Å²) in [5, 5.41) is 9.21. The van der Waals surface area contributed by atoms with Crippen molar-refractivity contribution in [2.75, 3.05) is 21.2 Å². The maximum Gasteiger partial charge on any atom is 0.251 e. The summed E-state index contributed by atoms with van der Waals surface area (Å²) in [6.07, 6.45) is 1.30. The zero-order valence-corrected chi connectivity index (χ0v) is 16.5. The van der Waals surface area contributed by atoms with Crippen LogP contribution in [0.25, 0.3) is 11.4 Å². The molecule has 0 saturated heterocycles. The minimum atomic E-state index is -4.57. The highest BCUT2D eigenvalue weighted by Crippen LogP contribution is 2.39. The van der Waals surface area contributed by atoms with E-state index in [-0.39, 0.29) is 17.1 Å². The third-order valence-electron chi connectivity index (χ3n) is 3.54. The van der Waals surface area contributed by atoms with Crippen molar-refractivity contribution in [2.24, 2.45) is 17.9 Å².